The number of hydrogen-bond donors (Lipinski definition) is 3. The number of rotatable bonds is 57. The van der Waals surface area contributed by atoms with E-state index in [1.165, 1.54) is 257 Å². The Morgan fingerprint density at radius 2 is 0.687 bits per heavy atom. The minimum Gasteiger partial charge on any atom is -0.466 e. The third kappa shape index (κ3) is 53.8. The highest BCUT2D eigenvalue weighted by Gasteiger charge is 2.18. The molecule has 0 radical (unpaired) electrons. The topological polar surface area (TPSA) is 95.9 Å². The van der Waals surface area contributed by atoms with Gasteiger partial charge in [-0.05, 0) is 32.1 Å². The highest BCUT2D eigenvalue weighted by atomic mass is 16.5. The highest BCUT2D eigenvalue weighted by Crippen LogP contribution is 2.18. The second kappa shape index (κ2) is 57.2. The van der Waals surface area contributed by atoms with Crippen molar-refractivity contribution in [3.05, 3.63) is 12.2 Å². The Hall–Kier alpha value is -1.40. The fourth-order valence-electron chi connectivity index (χ4n) is 9.64. The van der Waals surface area contributed by atoms with Crippen molar-refractivity contribution in [1.29, 1.82) is 0 Å². The molecule has 67 heavy (non-hydrogen) atoms. The SMILES string of the molecule is CCCCCCCCCCCCCCCCC/C=C/C(O)C(CO)NC(=O)CCCCCCCCCCCCCCCCOC(=O)CCCCCCCCCCCCCCCCCCCCC. The van der Waals surface area contributed by atoms with Crippen molar-refractivity contribution >= 4 is 11.9 Å². The van der Waals surface area contributed by atoms with E-state index in [-0.39, 0.29) is 18.5 Å². The molecule has 0 bridgehead atoms. The van der Waals surface area contributed by atoms with Gasteiger partial charge in [-0.25, -0.2) is 0 Å². The van der Waals surface area contributed by atoms with Crippen LogP contribution in [-0.2, 0) is 14.3 Å². The van der Waals surface area contributed by atoms with Crippen molar-refractivity contribution in [3.8, 4) is 0 Å². The molecule has 2 unspecified atom stereocenters. The first-order valence-corrected chi connectivity index (χ1v) is 30.5. The molecular formula is C61H119NO5. The van der Waals surface area contributed by atoms with Gasteiger partial charge in [-0.2, -0.15) is 0 Å². The molecule has 0 heterocycles. The van der Waals surface area contributed by atoms with Gasteiger partial charge in [0.15, 0.2) is 0 Å². The average Bonchev–Trinajstić information content (AvgIpc) is 3.33. The van der Waals surface area contributed by atoms with Gasteiger partial charge in [-0.1, -0.05) is 309 Å². The first-order chi connectivity index (χ1) is 33.0. The van der Waals surface area contributed by atoms with Gasteiger partial charge in [0.25, 0.3) is 0 Å². The lowest BCUT2D eigenvalue weighted by Gasteiger charge is -2.20. The minimum absolute atomic E-state index is 0.00213. The Labute approximate surface area is 419 Å². The Kier molecular flexibility index (Phi) is 56.0. The van der Waals surface area contributed by atoms with Crippen LogP contribution in [0.4, 0.5) is 0 Å². The molecule has 0 rings (SSSR count). The van der Waals surface area contributed by atoms with Crippen molar-refractivity contribution in [2.45, 2.75) is 353 Å². The van der Waals surface area contributed by atoms with Crippen molar-refractivity contribution in [3.63, 3.8) is 0 Å². The molecule has 0 aromatic heterocycles. The van der Waals surface area contributed by atoms with E-state index in [0.717, 1.165) is 57.8 Å². The van der Waals surface area contributed by atoms with Crippen LogP contribution in [0.15, 0.2) is 12.2 Å². The average molecular weight is 947 g/mol. The monoisotopic (exact) mass is 946 g/mol. The lowest BCUT2D eigenvalue weighted by atomic mass is 10.0. The third-order valence-corrected chi connectivity index (χ3v) is 14.3. The Morgan fingerprint density at radius 1 is 0.403 bits per heavy atom. The molecular weight excluding hydrogens is 827 g/mol. The highest BCUT2D eigenvalue weighted by molar-refractivity contribution is 5.76. The fraction of sp³-hybridized carbons (Fsp3) is 0.934. The number of carbonyl (C=O) groups excluding carboxylic acids is 2. The Bertz CT molecular complexity index is 1000. The molecule has 0 spiro atoms. The number of esters is 1. The predicted octanol–water partition coefficient (Wildman–Crippen LogP) is 18.9. The van der Waals surface area contributed by atoms with E-state index >= 15 is 0 Å². The molecule has 1 amide bonds. The van der Waals surface area contributed by atoms with Crippen LogP contribution in [0, 0.1) is 0 Å². The van der Waals surface area contributed by atoms with Crippen molar-refractivity contribution in [2.24, 2.45) is 0 Å². The van der Waals surface area contributed by atoms with E-state index in [2.05, 4.69) is 19.2 Å². The smallest absolute Gasteiger partial charge is 0.305 e. The lowest BCUT2D eigenvalue weighted by molar-refractivity contribution is -0.143. The molecule has 6 nitrogen and oxygen atoms in total. The number of aliphatic hydroxyl groups is 2. The summed E-state index contributed by atoms with van der Waals surface area (Å²) in [5, 5.41) is 23.1. The van der Waals surface area contributed by atoms with Gasteiger partial charge < -0.3 is 20.3 Å². The molecule has 0 aliphatic carbocycles. The van der Waals surface area contributed by atoms with Gasteiger partial charge in [-0.15, -0.1) is 0 Å². The van der Waals surface area contributed by atoms with E-state index in [1.807, 2.05) is 6.08 Å². The van der Waals surface area contributed by atoms with E-state index in [4.69, 9.17) is 4.74 Å². The minimum atomic E-state index is -0.851. The van der Waals surface area contributed by atoms with Gasteiger partial charge >= 0.3 is 5.97 Å². The molecule has 0 saturated carbocycles. The summed E-state index contributed by atoms with van der Waals surface area (Å²) in [6.45, 7) is 4.91. The first kappa shape index (κ1) is 65.6. The summed E-state index contributed by atoms with van der Waals surface area (Å²) in [5.74, 6) is -0.0732. The van der Waals surface area contributed by atoms with Gasteiger partial charge in [0, 0.05) is 12.8 Å². The summed E-state index contributed by atoms with van der Waals surface area (Å²) in [5.41, 5.74) is 0. The van der Waals surface area contributed by atoms with Crippen LogP contribution >= 0.6 is 0 Å². The van der Waals surface area contributed by atoms with Crippen LogP contribution in [0.5, 0.6) is 0 Å². The van der Waals surface area contributed by atoms with Crippen LogP contribution in [-0.4, -0.2) is 47.4 Å². The normalized spacial score (nSPS) is 12.6. The molecule has 0 aromatic carbocycles. The number of ether oxygens (including phenoxy) is 1. The summed E-state index contributed by atoms with van der Waals surface area (Å²) in [6.07, 6.45) is 68.1. The molecule has 6 heteroatoms. The zero-order chi connectivity index (χ0) is 48.6. The standard InChI is InChI=1S/C61H119NO5/c1-3-5-7-9-11-13-15-17-19-21-22-24-26-31-35-39-43-47-51-55-61(66)67-56-52-48-44-40-36-32-28-27-30-34-38-42-46-50-54-60(65)62-58(57-63)59(64)53-49-45-41-37-33-29-25-23-20-18-16-14-12-10-8-6-4-2/h49,53,58-59,63-64H,3-48,50-52,54-57H2,1-2H3,(H,62,65)/b53-49+. The van der Waals surface area contributed by atoms with Gasteiger partial charge in [0.2, 0.25) is 5.91 Å². The number of unbranched alkanes of at least 4 members (excludes halogenated alkanes) is 46. The molecule has 0 aliphatic heterocycles. The van der Waals surface area contributed by atoms with Gasteiger partial charge in [0.1, 0.15) is 0 Å². The fourth-order valence-corrected chi connectivity index (χ4v) is 9.64. The number of allylic oxidation sites excluding steroid dienone is 1. The summed E-state index contributed by atoms with van der Waals surface area (Å²) >= 11 is 0. The Morgan fingerprint density at radius 3 is 1.01 bits per heavy atom. The zero-order valence-electron chi connectivity index (χ0n) is 45.4. The zero-order valence-corrected chi connectivity index (χ0v) is 45.4. The van der Waals surface area contributed by atoms with Crippen LogP contribution in [0.2, 0.25) is 0 Å². The van der Waals surface area contributed by atoms with Crippen molar-refractivity contribution in [1.82, 2.24) is 5.32 Å². The lowest BCUT2D eigenvalue weighted by Crippen LogP contribution is -2.45. The van der Waals surface area contributed by atoms with E-state index in [0.29, 0.717) is 19.4 Å². The summed E-state index contributed by atoms with van der Waals surface area (Å²) < 4.78 is 5.49. The maximum absolute atomic E-state index is 12.5. The molecule has 0 saturated heterocycles. The van der Waals surface area contributed by atoms with E-state index in [9.17, 15) is 19.8 Å². The third-order valence-electron chi connectivity index (χ3n) is 14.3. The second-order valence-electron chi connectivity index (χ2n) is 21.0. The number of hydrogen-bond acceptors (Lipinski definition) is 5. The van der Waals surface area contributed by atoms with E-state index < -0.39 is 12.1 Å². The largest absolute Gasteiger partial charge is 0.466 e. The van der Waals surface area contributed by atoms with Crippen molar-refractivity contribution < 1.29 is 24.5 Å². The van der Waals surface area contributed by atoms with Gasteiger partial charge in [-0.3, -0.25) is 9.59 Å². The summed E-state index contributed by atoms with van der Waals surface area (Å²) in [6, 6.07) is -0.635. The molecule has 0 fully saturated rings. The predicted molar refractivity (Wildman–Crippen MR) is 292 cm³/mol. The first-order valence-electron chi connectivity index (χ1n) is 30.5. The maximum atomic E-state index is 12.5. The number of carbonyl (C=O) groups is 2. The Balaban J connectivity index is 3.43. The second-order valence-corrected chi connectivity index (χ2v) is 21.0. The van der Waals surface area contributed by atoms with Crippen LogP contribution in [0.3, 0.4) is 0 Å². The number of aliphatic hydroxyl groups excluding tert-OH is 2. The molecule has 398 valence electrons. The maximum Gasteiger partial charge on any atom is 0.305 e. The summed E-state index contributed by atoms with van der Waals surface area (Å²) in [4.78, 5) is 24.6. The molecule has 0 aliphatic rings. The summed E-state index contributed by atoms with van der Waals surface area (Å²) in [7, 11) is 0. The van der Waals surface area contributed by atoms with Crippen LogP contribution in [0.1, 0.15) is 341 Å². The molecule has 3 N–H and O–H groups in total. The van der Waals surface area contributed by atoms with Crippen LogP contribution in [0.25, 0.3) is 0 Å². The van der Waals surface area contributed by atoms with Gasteiger partial charge in [0.05, 0.1) is 25.4 Å². The quantitative estimate of drug-likeness (QED) is 0.0321. The van der Waals surface area contributed by atoms with E-state index in [1.54, 1.807) is 6.08 Å². The molecule has 2 atom stereocenters. The van der Waals surface area contributed by atoms with Crippen LogP contribution < -0.4 is 5.32 Å². The number of nitrogens with one attached hydrogen (secondary N) is 1. The number of amides is 1. The van der Waals surface area contributed by atoms with Crippen molar-refractivity contribution in [2.75, 3.05) is 13.2 Å². The molecule has 0 aromatic rings.